The van der Waals surface area contributed by atoms with Gasteiger partial charge in [-0.2, -0.15) is 5.10 Å². The van der Waals surface area contributed by atoms with Crippen molar-refractivity contribution >= 4 is 11.6 Å². The van der Waals surface area contributed by atoms with Gasteiger partial charge in [0.1, 0.15) is 11.3 Å². The minimum absolute atomic E-state index is 0.0276. The van der Waals surface area contributed by atoms with E-state index in [-0.39, 0.29) is 5.91 Å². The van der Waals surface area contributed by atoms with Gasteiger partial charge in [0.15, 0.2) is 0 Å². The second kappa shape index (κ2) is 6.64. The second-order valence-corrected chi connectivity index (χ2v) is 7.26. The quantitative estimate of drug-likeness (QED) is 0.556. The summed E-state index contributed by atoms with van der Waals surface area (Å²) >= 11 is 0. The van der Waals surface area contributed by atoms with Crippen LogP contribution in [-0.4, -0.2) is 36.5 Å². The first kappa shape index (κ1) is 16.7. The normalized spacial score (nSPS) is 13.7. The molecule has 1 aromatic carbocycles. The van der Waals surface area contributed by atoms with Crippen molar-refractivity contribution in [2.75, 3.05) is 6.54 Å². The largest absolute Gasteiger partial charge is 0.330 e. The maximum atomic E-state index is 13.0. The van der Waals surface area contributed by atoms with Crippen LogP contribution in [0.3, 0.4) is 0 Å². The molecule has 0 bridgehead atoms. The summed E-state index contributed by atoms with van der Waals surface area (Å²) in [6.45, 7) is 3.93. The standard InChI is InChI=1S/C22H21N5O/c1-16-6-5-9-21-23-20(15-26(16)21)22(28)25-10-11-27-19(14-25)13-18(24-27)12-17-7-3-2-4-8-17/h2-9,13,15H,10-12,14H2,1H3. The molecule has 1 amide bonds. The fraction of sp³-hybridized carbons (Fsp3) is 0.227. The van der Waals surface area contributed by atoms with Crippen LogP contribution in [0.25, 0.3) is 5.65 Å². The van der Waals surface area contributed by atoms with Crippen LogP contribution in [0, 0.1) is 6.92 Å². The van der Waals surface area contributed by atoms with E-state index in [1.807, 2.05) is 63.5 Å². The van der Waals surface area contributed by atoms with Gasteiger partial charge in [0, 0.05) is 24.9 Å². The third kappa shape index (κ3) is 2.97. The molecule has 6 nitrogen and oxygen atoms in total. The van der Waals surface area contributed by atoms with Crippen LogP contribution in [0.1, 0.15) is 33.1 Å². The number of aryl methyl sites for hydroxylation is 1. The lowest BCUT2D eigenvalue weighted by atomic mass is 10.1. The first-order valence-electron chi connectivity index (χ1n) is 9.51. The van der Waals surface area contributed by atoms with Gasteiger partial charge in [-0.05, 0) is 30.7 Å². The van der Waals surface area contributed by atoms with E-state index < -0.39 is 0 Å². The molecule has 4 aromatic rings. The van der Waals surface area contributed by atoms with Gasteiger partial charge in [0.2, 0.25) is 0 Å². The highest BCUT2D eigenvalue weighted by Gasteiger charge is 2.25. The van der Waals surface area contributed by atoms with Crippen molar-refractivity contribution in [1.82, 2.24) is 24.1 Å². The van der Waals surface area contributed by atoms with Crippen LogP contribution < -0.4 is 0 Å². The van der Waals surface area contributed by atoms with Crippen molar-refractivity contribution < 1.29 is 4.79 Å². The minimum atomic E-state index is -0.0276. The molecule has 140 valence electrons. The Bertz CT molecular complexity index is 1160. The molecule has 0 saturated heterocycles. The zero-order valence-electron chi connectivity index (χ0n) is 15.7. The summed E-state index contributed by atoms with van der Waals surface area (Å²) in [5.41, 5.74) is 5.71. The lowest BCUT2D eigenvalue weighted by molar-refractivity contribution is 0.0701. The van der Waals surface area contributed by atoms with Crippen LogP contribution >= 0.6 is 0 Å². The number of hydrogen-bond donors (Lipinski definition) is 0. The molecule has 3 aromatic heterocycles. The molecule has 0 spiro atoms. The van der Waals surface area contributed by atoms with Crippen molar-refractivity contribution in [3.8, 4) is 0 Å². The summed E-state index contributed by atoms with van der Waals surface area (Å²) < 4.78 is 3.98. The molecule has 1 aliphatic heterocycles. The molecule has 0 fully saturated rings. The van der Waals surface area contributed by atoms with Gasteiger partial charge in [-0.25, -0.2) is 4.98 Å². The number of rotatable bonds is 3. The molecule has 0 radical (unpaired) electrons. The Morgan fingerprint density at radius 3 is 2.75 bits per heavy atom. The average Bonchev–Trinajstić information content (AvgIpc) is 3.32. The molecule has 6 heteroatoms. The number of carbonyl (C=O) groups excluding carboxylic acids is 1. The Kier molecular flexibility index (Phi) is 3.97. The number of hydrogen-bond acceptors (Lipinski definition) is 3. The summed E-state index contributed by atoms with van der Waals surface area (Å²) in [5.74, 6) is -0.0276. The summed E-state index contributed by atoms with van der Waals surface area (Å²) in [7, 11) is 0. The van der Waals surface area contributed by atoms with E-state index in [9.17, 15) is 4.79 Å². The smallest absolute Gasteiger partial charge is 0.274 e. The van der Waals surface area contributed by atoms with E-state index in [1.165, 1.54) is 5.56 Å². The molecule has 28 heavy (non-hydrogen) atoms. The van der Waals surface area contributed by atoms with E-state index in [0.29, 0.717) is 25.3 Å². The van der Waals surface area contributed by atoms with E-state index in [4.69, 9.17) is 5.10 Å². The molecule has 0 unspecified atom stereocenters. The number of pyridine rings is 1. The van der Waals surface area contributed by atoms with Crippen molar-refractivity contribution in [1.29, 1.82) is 0 Å². The third-order valence-electron chi connectivity index (χ3n) is 5.28. The summed E-state index contributed by atoms with van der Waals surface area (Å²) in [6, 6.07) is 18.3. The van der Waals surface area contributed by atoms with Crippen LogP contribution in [0.2, 0.25) is 0 Å². The third-order valence-corrected chi connectivity index (χ3v) is 5.28. The van der Waals surface area contributed by atoms with E-state index in [0.717, 1.165) is 29.1 Å². The molecule has 0 atom stereocenters. The molecular formula is C22H21N5O. The fourth-order valence-corrected chi connectivity index (χ4v) is 3.80. The highest BCUT2D eigenvalue weighted by molar-refractivity contribution is 5.93. The van der Waals surface area contributed by atoms with E-state index >= 15 is 0 Å². The lowest BCUT2D eigenvalue weighted by Gasteiger charge is -2.26. The maximum absolute atomic E-state index is 13.0. The summed E-state index contributed by atoms with van der Waals surface area (Å²) in [6.07, 6.45) is 2.64. The summed E-state index contributed by atoms with van der Waals surface area (Å²) in [4.78, 5) is 19.4. The highest BCUT2D eigenvalue weighted by Crippen LogP contribution is 2.18. The van der Waals surface area contributed by atoms with Gasteiger partial charge in [0.05, 0.1) is 24.5 Å². The molecular weight excluding hydrogens is 350 g/mol. The summed E-state index contributed by atoms with van der Waals surface area (Å²) in [5, 5.41) is 4.72. The van der Waals surface area contributed by atoms with Crippen LogP contribution in [0.15, 0.2) is 60.8 Å². The molecule has 0 N–H and O–H groups in total. The maximum Gasteiger partial charge on any atom is 0.274 e. The van der Waals surface area contributed by atoms with E-state index in [2.05, 4.69) is 23.2 Å². The molecule has 1 aliphatic rings. The first-order valence-corrected chi connectivity index (χ1v) is 9.51. The predicted molar refractivity (Wildman–Crippen MR) is 106 cm³/mol. The van der Waals surface area contributed by atoms with Crippen molar-refractivity contribution in [2.45, 2.75) is 26.4 Å². The second-order valence-electron chi connectivity index (χ2n) is 7.26. The number of aromatic nitrogens is 4. The van der Waals surface area contributed by atoms with E-state index in [1.54, 1.807) is 0 Å². The Hall–Kier alpha value is -3.41. The molecule has 4 heterocycles. The number of fused-ring (bicyclic) bond motifs is 2. The first-order chi connectivity index (χ1) is 13.7. The minimum Gasteiger partial charge on any atom is -0.330 e. The molecule has 0 aliphatic carbocycles. The average molecular weight is 371 g/mol. The fourth-order valence-electron chi connectivity index (χ4n) is 3.80. The Morgan fingerprint density at radius 1 is 1.07 bits per heavy atom. The monoisotopic (exact) mass is 371 g/mol. The predicted octanol–water partition coefficient (Wildman–Crippen LogP) is 3.09. The van der Waals surface area contributed by atoms with Gasteiger partial charge < -0.3 is 9.30 Å². The van der Waals surface area contributed by atoms with Gasteiger partial charge in [-0.3, -0.25) is 9.48 Å². The van der Waals surface area contributed by atoms with Crippen molar-refractivity contribution in [2.24, 2.45) is 0 Å². The van der Waals surface area contributed by atoms with Crippen molar-refractivity contribution in [3.05, 3.63) is 89.1 Å². The van der Waals surface area contributed by atoms with Crippen LogP contribution in [-0.2, 0) is 19.5 Å². The highest BCUT2D eigenvalue weighted by atomic mass is 16.2. The molecule has 5 rings (SSSR count). The number of carbonyl (C=O) groups is 1. The van der Waals surface area contributed by atoms with Crippen molar-refractivity contribution in [3.63, 3.8) is 0 Å². The number of imidazole rings is 1. The number of amides is 1. The Morgan fingerprint density at radius 2 is 1.93 bits per heavy atom. The van der Waals surface area contributed by atoms with Gasteiger partial charge >= 0.3 is 0 Å². The topological polar surface area (TPSA) is 55.4 Å². The lowest BCUT2D eigenvalue weighted by Crippen LogP contribution is -2.38. The van der Waals surface area contributed by atoms with Gasteiger partial charge in [-0.15, -0.1) is 0 Å². The number of benzene rings is 1. The van der Waals surface area contributed by atoms with Crippen LogP contribution in [0.5, 0.6) is 0 Å². The Balaban J connectivity index is 1.36. The SMILES string of the molecule is Cc1cccc2nc(C(=O)N3CCn4nc(Cc5ccccc5)cc4C3)cn12. The molecule has 0 saturated carbocycles. The van der Waals surface area contributed by atoms with Gasteiger partial charge in [0.25, 0.3) is 5.91 Å². The Labute approximate surface area is 163 Å². The number of nitrogens with zero attached hydrogens (tertiary/aromatic N) is 5. The zero-order chi connectivity index (χ0) is 19.1. The van der Waals surface area contributed by atoms with Crippen LogP contribution in [0.4, 0.5) is 0 Å². The zero-order valence-corrected chi connectivity index (χ0v) is 15.7. The van der Waals surface area contributed by atoms with Gasteiger partial charge in [-0.1, -0.05) is 36.4 Å².